The second-order valence-corrected chi connectivity index (χ2v) is 3.92. The summed E-state index contributed by atoms with van der Waals surface area (Å²) in [7, 11) is 0. The van der Waals surface area contributed by atoms with Crippen LogP contribution in [0.3, 0.4) is 0 Å². The Morgan fingerprint density at radius 3 is 2.65 bits per heavy atom. The molecule has 0 aliphatic carbocycles. The SMILES string of the molecule is CCCCCc1nc(N)nc(C)c1C(=O)NN. The van der Waals surface area contributed by atoms with Crippen LogP contribution in [0.1, 0.15) is 47.9 Å². The molecule has 0 aromatic carbocycles. The van der Waals surface area contributed by atoms with Gasteiger partial charge in [0.15, 0.2) is 0 Å². The molecule has 0 unspecified atom stereocenters. The fourth-order valence-corrected chi connectivity index (χ4v) is 1.75. The molecule has 1 aromatic rings. The van der Waals surface area contributed by atoms with Crippen LogP contribution >= 0.6 is 0 Å². The molecule has 5 N–H and O–H groups in total. The molecule has 0 spiro atoms. The van der Waals surface area contributed by atoms with E-state index in [4.69, 9.17) is 11.6 Å². The number of carbonyl (C=O) groups excluding carboxylic acids is 1. The van der Waals surface area contributed by atoms with Crippen LogP contribution < -0.4 is 17.0 Å². The predicted octanol–water partition coefficient (Wildman–Crippen LogP) is 0.703. The van der Waals surface area contributed by atoms with Crippen molar-refractivity contribution >= 4 is 11.9 Å². The number of anilines is 1. The van der Waals surface area contributed by atoms with Crippen molar-refractivity contribution in [3.8, 4) is 0 Å². The van der Waals surface area contributed by atoms with E-state index in [1.807, 2.05) is 0 Å². The highest BCUT2D eigenvalue weighted by atomic mass is 16.2. The molecule has 94 valence electrons. The maximum Gasteiger partial charge on any atom is 0.268 e. The zero-order valence-corrected chi connectivity index (χ0v) is 10.3. The van der Waals surface area contributed by atoms with E-state index in [-0.39, 0.29) is 11.9 Å². The van der Waals surface area contributed by atoms with Crippen molar-refractivity contribution in [1.82, 2.24) is 15.4 Å². The van der Waals surface area contributed by atoms with Crippen molar-refractivity contribution in [2.24, 2.45) is 5.84 Å². The van der Waals surface area contributed by atoms with Gasteiger partial charge in [0.05, 0.1) is 17.0 Å². The monoisotopic (exact) mass is 237 g/mol. The summed E-state index contributed by atoms with van der Waals surface area (Å²) in [6.45, 7) is 3.85. The highest BCUT2D eigenvalue weighted by Gasteiger charge is 2.16. The molecule has 1 heterocycles. The van der Waals surface area contributed by atoms with Gasteiger partial charge in [0.1, 0.15) is 0 Å². The molecule has 0 aliphatic heterocycles. The number of amides is 1. The number of aromatic nitrogens is 2. The first-order chi connectivity index (χ1) is 8.10. The van der Waals surface area contributed by atoms with Crippen molar-refractivity contribution in [1.29, 1.82) is 0 Å². The van der Waals surface area contributed by atoms with Crippen LogP contribution in [0.15, 0.2) is 0 Å². The Bertz CT molecular complexity index is 405. The lowest BCUT2D eigenvalue weighted by Gasteiger charge is -2.10. The fourth-order valence-electron chi connectivity index (χ4n) is 1.75. The number of unbranched alkanes of at least 4 members (excludes halogenated alkanes) is 2. The van der Waals surface area contributed by atoms with Gasteiger partial charge in [-0.2, -0.15) is 0 Å². The standard InChI is InChI=1S/C11H19N5O/c1-3-4-5-6-8-9(10(17)16-13)7(2)14-11(12)15-8/h3-6,13H2,1-2H3,(H,16,17)(H2,12,14,15). The Balaban J connectivity index is 3.02. The van der Waals surface area contributed by atoms with Crippen LogP contribution in [-0.4, -0.2) is 15.9 Å². The molecule has 6 nitrogen and oxygen atoms in total. The number of nitrogens with zero attached hydrogens (tertiary/aromatic N) is 2. The summed E-state index contributed by atoms with van der Waals surface area (Å²) in [4.78, 5) is 19.7. The average Bonchev–Trinajstić information content (AvgIpc) is 2.28. The van der Waals surface area contributed by atoms with Crippen molar-refractivity contribution < 1.29 is 4.79 Å². The second kappa shape index (κ2) is 6.15. The zero-order chi connectivity index (χ0) is 12.8. The minimum Gasteiger partial charge on any atom is -0.368 e. The van der Waals surface area contributed by atoms with E-state index in [1.54, 1.807) is 6.92 Å². The number of nitrogens with one attached hydrogen (secondary N) is 1. The normalized spacial score (nSPS) is 10.3. The molecule has 0 aliphatic rings. The first kappa shape index (κ1) is 13.4. The van der Waals surface area contributed by atoms with E-state index in [1.165, 1.54) is 0 Å². The van der Waals surface area contributed by atoms with Gasteiger partial charge in [0.25, 0.3) is 5.91 Å². The van der Waals surface area contributed by atoms with Gasteiger partial charge < -0.3 is 5.73 Å². The first-order valence-electron chi connectivity index (χ1n) is 5.74. The summed E-state index contributed by atoms with van der Waals surface area (Å²) in [6.07, 6.45) is 3.88. The summed E-state index contributed by atoms with van der Waals surface area (Å²) in [5, 5.41) is 0. The molecule has 1 amide bonds. The third-order valence-electron chi connectivity index (χ3n) is 2.56. The number of hydrazine groups is 1. The van der Waals surface area contributed by atoms with Gasteiger partial charge in [-0.1, -0.05) is 19.8 Å². The molecule has 1 aromatic heterocycles. The molecule has 0 atom stereocenters. The Kier molecular flexibility index (Phi) is 4.84. The van der Waals surface area contributed by atoms with Crippen LogP contribution in [0.5, 0.6) is 0 Å². The summed E-state index contributed by atoms with van der Waals surface area (Å²) < 4.78 is 0. The van der Waals surface area contributed by atoms with Gasteiger partial charge >= 0.3 is 0 Å². The summed E-state index contributed by atoms with van der Waals surface area (Å²) >= 11 is 0. The fraction of sp³-hybridized carbons (Fsp3) is 0.545. The van der Waals surface area contributed by atoms with Crippen molar-refractivity contribution in [2.75, 3.05) is 5.73 Å². The maximum atomic E-state index is 11.6. The summed E-state index contributed by atoms with van der Waals surface area (Å²) in [6, 6.07) is 0. The van der Waals surface area contributed by atoms with E-state index >= 15 is 0 Å². The van der Waals surface area contributed by atoms with Gasteiger partial charge in [-0.25, -0.2) is 15.8 Å². The molecule has 0 saturated carbocycles. The third kappa shape index (κ3) is 3.39. The highest BCUT2D eigenvalue weighted by molar-refractivity contribution is 5.96. The predicted molar refractivity (Wildman–Crippen MR) is 66.1 cm³/mol. The minimum atomic E-state index is -0.367. The topological polar surface area (TPSA) is 107 Å². The average molecular weight is 237 g/mol. The van der Waals surface area contributed by atoms with Gasteiger partial charge in [-0.15, -0.1) is 0 Å². The highest BCUT2D eigenvalue weighted by Crippen LogP contribution is 2.15. The number of carbonyl (C=O) groups is 1. The van der Waals surface area contributed by atoms with Crippen LogP contribution in [0.2, 0.25) is 0 Å². The first-order valence-corrected chi connectivity index (χ1v) is 5.74. The molecule has 17 heavy (non-hydrogen) atoms. The second-order valence-electron chi connectivity index (χ2n) is 3.92. The van der Waals surface area contributed by atoms with E-state index < -0.39 is 0 Å². The molecular formula is C11H19N5O. The number of hydrogen-bond acceptors (Lipinski definition) is 5. The largest absolute Gasteiger partial charge is 0.368 e. The minimum absolute atomic E-state index is 0.197. The Labute approximate surface area is 101 Å². The molecule has 6 heteroatoms. The Morgan fingerprint density at radius 1 is 1.35 bits per heavy atom. The lowest BCUT2D eigenvalue weighted by molar-refractivity contribution is 0.0951. The van der Waals surface area contributed by atoms with Crippen molar-refractivity contribution in [3.05, 3.63) is 17.0 Å². The molecule has 0 saturated heterocycles. The smallest absolute Gasteiger partial charge is 0.268 e. The number of nitrogens with two attached hydrogens (primary N) is 2. The Hall–Kier alpha value is -1.69. The number of rotatable bonds is 5. The third-order valence-corrected chi connectivity index (χ3v) is 2.56. The Morgan fingerprint density at radius 2 is 2.06 bits per heavy atom. The lowest BCUT2D eigenvalue weighted by Crippen LogP contribution is -2.32. The number of nitrogen functional groups attached to an aromatic ring is 2. The van der Waals surface area contributed by atoms with E-state index in [0.29, 0.717) is 23.4 Å². The summed E-state index contributed by atoms with van der Waals surface area (Å²) in [5.74, 6) is 4.98. The van der Waals surface area contributed by atoms with Crippen molar-refractivity contribution in [2.45, 2.75) is 39.5 Å². The quantitative estimate of drug-likeness (QED) is 0.302. The van der Waals surface area contributed by atoms with E-state index in [0.717, 1.165) is 19.3 Å². The molecule has 0 radical (unpaired) electrons. The number of hydrogen-bond donors (Lipinski definition) is 3. The molecule has 0 bridgehead atoms. The van der Waals surface area contributed by atoms with Crippen LogP contribution in [-0.2, 0) is 6.42 Å². The van der Waals surface area contributed by atoms with Gasteiger partial charge in [0.2, 0.25) is 5.95 Å². The van der Waals surface area contributed by atoms with Crippen LogP contribution in [0.25, 0.3) is 0 Å². The maximum absolute atomic E-state index is 11.6. The van der Waals surface area contributed by atoms with E-state index in [9.17, 15) is 4.79 Å². The number of aryl methyl sites for hydroxylation is 2. The zero-order valence-electron chi connectivity index (χ0n) is 10.3. The van der Waals surface area contributed by atoms with Gasteiger partial charge in [-0.05, 0) is 19.8 Å². The summed E-state index contributed by atoms with van der Waals surface area (Å²) in [5.41, 5.74) is 9.38. The molecule has 0 fully saturated rings. The molecular weight excluding hydrogens is 218 g/mol. The van der Waals surface area contributed by atoms with Gasteiger partial charge in [-0.3, -0.25) is 10.2 Å². The van der Waals surface area contributed by atoms with Crippen LogP contribution in [0.4, 0.5) is 5.95 Å². The molecule has 1 rings (SSSR count). The van der Waals surface area contributed by atoms with Gasteiger partial charge in [0, 0.05) is 0 Å². The lowest BCUT2D eigenvalue weighted by atomic mass is 10.1. The van der Waals surface area contributed by atoms with Crippen molar-refractivity contribution in [3.63, 3.8) is 0 Å². The van der Waals surface area contributed by atoms with E-state index in [2.05, 4.69) is 22.3 Å². The van der Waals surface area contributed by atoms with Crippen LogP contribution in [0, 0.1) is 6.92 Å².